The third-order valence-electron chi connectivity index (χ3n) is 25.5. The molecule has 0 bridgehead atoms. The number of hydrogen-bond donors (Lipinski definition) is 0. The lowest BCUT2D eigenvalue weighted by Gasteiger charge is -2.47. The van der Waals surface area contributed by atoms with Gasteiger partial charge in [0.25, 0.3) is 13.4 Å². The summed E-state index contributed by atoms with van der Waals surface area (Å²) in [4.78, 5) is 10.7. The fourth-order valence-electron chi connectivity index (χ4n) is 20.2. The molecule has 6 nitrogen and oxygen atoms in total. The van der Waals surface area contributed by atoms with Crippen LogP contribution in [0, 0.1) is 0 Å². The Morgan fingerprint density at radius 2 is 0.638 bits per heavy atom. The quantitative estimate of drug-likeness (QED) is 0.155. The molecule has 0 unspecified atom stereocenters. The van der Waals surface area contributed by atoms with Gasteiger partial charge in [0, 0.05) is 99.0 Å². The fourth-order valence-corrected chi connectivity index (χ4v) is 21.5. The minimum atomic E-state index is -0.170. The summed E-state index contributed by atoms with van der Waals surface area (Å²) in [5.41, 5.74) is 33.5. The molecule has 0 amide bonds. The van der Waals surface area contributed by atoms with E-state index in [0.29, 0.717) is 0 Å². The first-order chi connectivity index (χ1) is 51.1. The molecule has 7 heterocycles. The highest BCUT2D eigenvalue weighted by Gasteiger charge is 2.51. The Morgan fingerprint density at radius 3 is 1.12 bits per heavy atom. The standard InChI is InChI=1S/C96H78B2N6S/c1-93(2)47-49-95(5,6)72-51-61(43-45-70(72)93)101-81-41-25-20-36-74(81)97-75-57-76-83(58-82(75)99(59-27-11-9-12-28-59)84-53-63(54-85(101)89(84)97)102-77-37-21-15-31-65(77)66-32-16-22-38-78(66)102)100(60-29-13-10-14-30-60)86-55-64(103-79-39-23-17-33-67(79)68-34-18-24-40-80(68)103)56-87-90(86)98(76)92-91(69-35-19-26-42-88(69)105-92)104(87)62-44-46-71-73(52-62)96(7,8)50-48-94(71,3)4/h9-46,51-58H,47-50H2,1-8H3. The first kappa shape index (κ1) is 61.2. The molecule has 105 heavy (non-hydrogen) atoms. The molecule has 504 valence electrons. The zero-order valence-corrected chi connectivity index (χ0v) is 61.4. The highest BCUT2D eigenvalue weighted by Crippen LogP contribution is 2.56. The van der Waals surface area contributed by atoms with E-state index >= 15 is 0 Å². The molecule has 22 rings (SSSR count). The van der Waals surface area contributed by atoms with Crippen molar-refractivity contribution in [3.8, 4) is 11.4 Å². The predicted molar refractivity (Wildman–Crippen MR) is 449 cm³/mol. The van der Waals surface area contributed by atoms with Gasteiger partial charge in [-0.3, -0.25) is 0 Å². The Balaban J connectivity index is 0.873. The largest absolute Gasteiger partial charge is 0.311 e. The molecule has 0 saturated carbocycles. The lowest BCUT2D eigenvalue weighted by molar-refractivity contribution is 0.332. The summed E-state index contributed by atoms with van der Waals surface area (Å²) in [5.74, 6) is 0. The number of anilines is 12. The van der Waals surface area contributed by atoms with Crippen LogP contribution in [0.25, 0.3) is 65.1 Å². The van der Waals surface area contributed by atoms with Crippen LogP contribution in [0.4, 0.5) is 68.2 Å². The number of hydrogen-bond acceptors (Lipinski definition) is 5. The van der Waals surface area contributed by atoms with Gasteiger partial charge < -0.3 is 28.7 Å². The number of thiophene rings is 1. The van der Waals surface area contributed by atoms with E-state index in [1.54, 1.807) is 0 Å². The Kier molecular flexibility index (Phi) is 12.6. The van der Waals surface area contributed by atoms with E-state index in [-0.39, 0.29) is 35.1 Å². The number of rotatable bonds is 6. The first-order valence-corrected chi connectivity index (χ1v) is 38.6. The summed E-state index contributed by atoms with van der Waals surface area (Å²) >= 11 is 1.99. The average Bonchev–Trinajstić information content (AvgIpc) is 1.60. The van der Waals surface area contributed by atoms with E-state index in [2.05, 4.69) is 363 Å². The number of nitrogens with zero attached hydrogens (tertiary/aromatic N) is 6. The predicted octanol–water partition coefficient (Wildman–Crippen LogP) is 22.0. The third-order valence-corrected chi connectivity index (χ3v) is 26.8. The molecule has 6 aliphatic rings. The SMILES string of the molecule is CC1(C)CCC(C)(C)c2cc(N3c4ccccc4B4c5cc6c(cc5N(c5ccccc5)c5cc(-n7c8ccccc8c8ccccc87)cc3c54)N(c3ccccc3)c3cc(-n4c5ccccc5c5ccccc54)cc4c3B6c3sc5ccccc5c3N4c3ccc4c(c3)C(C)(C)CCC4(C)C)ccc21. The number of para-hydroxylation sites is 7. The lowest BCUT2D eigenvalue weighted by Crippen LogP contribution is -2.65. The van der Waals surface area contributed by atoms with Crippen LogP contribution in [-0.2, 0) is 21.7 Å². The van der Waals surface area contributed by atoms with Gasteiger partial charge in [-0.1, -0.05) is 219 Å². The molecule has 0 radical (unpaired) electrons. The van der Waals surface area contributed by atoms with Gasteiger partial charge >= 0.3 is 0 Å². The van der Waals surface area contributed by atoms with Crippen molar-refractivity contribution in [3.63, 3.8) is 0 Å². The Labute approximate surface area is 618 Å². The topological polar surface area (TPSA) is 22.8 Å². The van der Waals surface area contributed by atoms with Crippen LogP contribution in [0.3, 0.4) is 0 Å². The van der Waals surface area contributed by atoms with Crippen LogP contribution in [0.15, 0.2) is 279 Å². The van der Waals surface area contributed by atoms with Gasteiger partial charge in [0.2, 0.25) is 0 Å². The number of fused-ring (bicyclic) bond motifs is 18. The molecule has 0 fully saturated rings. The van der Waals surface area contributed by atoms with E-state index in [4.69, 9.17) is 0 Å². The zero-order chi connectivity index (χ0) is 70.3. The summed E-state index contributed by atoms with van der Waals surface area (Å²) in [7, 11) is 0. The van der Waals surface area contributed by atoms with E-state index in [1.165, 1.54) is 165 Å². The van der Waals surface area contributed by atoms with Crippen molar-refractivity contribution < 1.29 is 0 Å². The number of aromatic nitrogens is 2. The molecular weight excluding hydrogens is 1290 g/mol. The molecule has 16 aromatic rings. The van der Waals surface area contributed by atoms with Crippen LogP contribution in [0.5, 0.6) is 0 Å². The molecule has 0 N–H and O–H groups in total. The van der Waals surface area contributed by atoms with Crippen molar-refractivity contribution in [2.75, 3.05) is 19.6 Å². The molecular formula is C96H78B2N6S. The van der Waals surface area contributed by atoms with E-state index in [1.807, 2.05) is 11.3 Å². The third kappa shape index (κ3) is 8.56. The monoisotopic (exact) mass is 1370 g/mol. The van der Waals surface area contributed by atoms with E-state index in [9.17, 15) is 0 Å². The minimum Gasteiger partial charge on any atom is -0.311 e. The Hall–Kier alpha value is -11.3. The van der Waals surface area contributed by atoms with Crippen molar-refractivity contribution in [2.24, 2.45) is 0 Å². The van der Waals surface area contributed by atoms with Crippen LogP contribution in [0.2, 0.25) is 0 Å². The second kappa shape index (κ2) is 21.7. The molecule has 3 aromatic heterocycles. The highest BCUT2D eigenvalue weighted by atomic mass is 32.1. The molecule has 9 heteroatoms. The van der Waals surface area contributed by atoms with E-state index in [0.717, 1.165) is 48.4 Å². The smallest absolute Gasteiger partial charge is 0.264 e. The summed E-state index contributed by atoms with van der Waals surface area (Å²) in [6.07, 6.45) is 4.56. The maximum Gasteiger partial charge on any atom is 0.264 e. The second-order valence-corrected chi connectivity index (χ2v) is 34.3. The van der Waals surface area contributed by atoms with E-state index < -0.39 is 0 Å². The van der Waals surface area contributed by atoms with Crippen LogP contribution >= 0.6 is 11.3 Å². The fraction of sp³-hybridized carbons (Fsp3) is 0.167. The zero-order valence-electron chi connectivity index (χ0n) is 60.6. The van der Waals surface area contributed by atoms with Crippen LogP contribution < -0.4 is 51.7 Å². The second-order valence-electron chi connectivity index (χ2n) is 33.2. The molecule has 13 aromatic carbocycles. The van der Waals surface area contributed by atoms with Crippen molar-refractivity contribution in [3.05, 3.63) is 301 Å². The highest BCUT2D eigenvalue weighted by molar-refractivity contribution is 7.33. The molecule has 2 aliphatic carbocycles. The summed E-state index contributed by atoms with van der Waals surface area (Å²) in [6.45, 7) is 19.4. The molecule has 4 aliphatic heterocycles. The van der Waals surface area contributed by atoms with Gasteiger partial charge in [-0.05, 0) is 212 Å². The Bertz CT molecular complexity index is 6320. The van der Waals surface area contributed by atoms with Crippen LogP contribution in [0.1, 0.15) is 103 Å². The van der Waals surface area contributed by atoms with Crippen molar-refractivity contribution in [1.82, 2.24) is 9.13 Å². The normalized spacial score (nSPS) is 16.6. The van der Waals surface area contributed by atoms with Crippen LogP contribution in [-0.4, -0.2) is 22.6 Å². The van der Waals surface area contributed by atoms with Gasteiger partial charge in [0.15, 0.2) is 0 Å². The van der Waals surface area contributed by atoms with Crippen molar-refractivity contribution in [1.29, 1.82) is 0 Å². The van der Waals surface area contributed by atoms with Gasteiger partial charge in [-0.2, -0.15) is 0 Å². The van der Waals surface area contributed by atoms with Gasteiger partial charge in [-0.15, -0.1) is 11.3 Å². The summed E-state index contributed by atoms with van der Waals surface area (Å²) in [6, 6.07) is 108. The summed E-state index contributed by atoms with van der Waals surface area (Å²) < 4.78 is 7.75. The molecule has 0 spiro atoms. The maximum absolute atomic E-state index is 2.72. The van der Waals surface area contributed by atoms with Gasteiger partial charge in [0.1, 0.15) is 0 Å². The summed E-state index contributed by atoms with van der Waals surface area (Å²) in [5, 5.41) is 6.24. The van der Waals surface area contributed by atoms with Gasteiger partial charge in [-0.25, -0.2) is 0 Å². The maximum atomic E-state index is 2.72. The minimum absolute atomic E-state index is 0.0110. The molecule has 0 atom stereocenters. The average molecular weight is 1370 g/mol. The number of benzene rings is 13. The van der Waals surface area contributed by atoms with Crippen molar-refractivity contribution in [2.45, 2.75) is 103 Å². The first-order valence-electron chi connectivity index (χ1n) is 37.8. The lowest BCUT2D eigenvalue weighted by atomic mass is 9.31. The Morgan fingerprint density at radius 1 is 0.267 bits per heavy atom. The molecule has 0 saturated heterocycles. The van der Waals surface area contributed by atoms with Crippen molar-refractivity contribution >= 4 is 179 Å². The van der Waals surface area contributed by atoms with Gasteiger partial charge in [0.05, 0.1) is 39.1 Å².